The van der Waals surface area contributed by atoms with E-state index < -0.39 is 5.60 Å². The number of piperidine rings is 1. The molecule has 6 heteroatoms. The molecule has 1 spiro atoms. The Labute approximate surface area is 250 Å². The number of nitrogens with zero attached hydrogens (tertiary/aromatic N) is 4. The molecule has 1 aliphatic carbocycles. The standard InChI is InChI=1S/C36H46N4O2/c41-36-18-10-4-1-2-5-11-19-38-21-17-30(35(25-38)23-26-13-7-3-6-12-20-39(26)34(35)36)29(24-36)33-32-28(16-22-40(33)42)27-14-8-9-15-31(27)37-32/h1,4,7-9,13-15,24,26,30,34,41-42H,2-3,5-6,10-12,16-23,25H2/b4-1-,13-7-/t26?,30?,34?,35-,36-/m0/s1. The van der Waals surface area contributed by atoms with Crippen molar-refractivity contribution < 1.29 is 10.3 Å². The van der Waals surface area contributed by atoms with Gasteiger partial charge in [0.1, 0.15) is 0 Å². The molecule has 6 aliphatic heterocycles. The Morgan fingerprint density at radius 1 is 0.905 bits per heavy atom. The fourth-order valence-corrected chi connectivity index (χ4v) is 9.92. The Kier molecular flexibility index (Phi) is 6.82. The number of hydrogen-bond acceptors (Lipinski definition) is 6. The summed E-state index contributed by atoms with van der Waals surface area (Å²) < 4.78 is 0. The summed E-state index contributed by atoms with van der Waals surface area (Å²) in [6, 6.07) is 8.85. The summed E-state index contributed by atoms with van der Waals surface area (Å²) in [6.07, 6.45) is 23.4. The van der Waals surface area contributed by atoms with E-state index in [1.807, 2.05) is 0 Å². The summed E-state index contributed by atoms with van der Waals surface area (Å²) in [5.41, 5.74) is 3.13. The molecular formula is C36H46N4O2. The van der Waals surface area contributed by atoms with Crippen LogP contribution >= 0.6 is 0 Å². The first-order valence-electron chi connectivity index (χ1n) is 16.7. The third-order valence-corrected chi connectivity index (χ3v) is 11.5. The molecule has 3 bridgehead atoms. The van der Waals surface area contributed by atoms with E-state index in [9.17, 15) is 10.3 Å². The first kappa shape index (κ1) is 27.1. The summed E-state index contributed by atoms with van der Waals surface area (Å²) in [4.78, 5) is 10.6. The van der Waals surface area contributed by atoms with Crippen molar-refractivity contribution in [1.82, 2.24) is 14.9 Å². The van der Waals surface area contributed by atoms with Gasteiger partial charge in [-0.1, -0.05) is 42.5 Å². The van der Waals surface area contributed by atoms with Gasteiger partial charge < -0.3 is 10.0 Å². The van der Waals surface area contributed by atoms with E-state index in [-0.39, 0.29) is 17.4 Å². The van der Waals surface area contributed by atoms with E-state index >= 15 is 0 Å². The molecule has 6 nitrogen and oxygen atoms in total. The van der Waals surface area contributed by atoms with E-state index in [0.29, 0.717) is 19.0 Å². The zero-order valence-corrected chi connectivity index (χ0v) is 24.9. The van der Waals surface area contributed by atoms with Gasteiger partial charge in [0.05, 0.1) is 28.4 Å². The Morgan fingerprint density at radius 3 is 2.67 bits per heavy atom. The van der Waals surface area contributed by atoms with Gasteiger partial charge >= 0.3 is 0 Å². The molecule has 2 fully saturated rings. The van der Waals surface area contributed by atoms with Gasteiger partial charge in [0.25, 0.3) is 0 Å². The van der Waals surface area contributed by atoms with Crippen molar-refractivity contribution in [2.24, 2.45) is 16.3 Å². The molecule has 0 saturated carbocycles. The number of hydroxylamine groups is 2. The van der Waals surface area contributed by atoms with Crippen molar-refractivity contribution in [3.8, 4) is 0 Å². The van der Waals surface area contributed by atoms with Gasteiger partial charge in [-0.2, -0.15) is 0 Å². The fourth-order valence-electron chi connectivity index (χ4n) is 9.92. The quantitative estimate of drug-likeness (QED) is 0.492. The lowest BCUT2D eigenvalue weighted by Gasteiger charge is -2.58. The van der Waals surface area contributed by atoms with Crippen molar-refractivity contribution in [2.75, 3.05) is 32.7 Å². The van der Waals surface area contributed by atoms with Crippen LogP contribution < -0.4 is 10.6 Å². The molecule has 4 unspecified atom stereocenters. The second-order valence-corrected chi connectivity index (χ2v) is 14.0. The van der Waals surface area contributed by atoms with Crippen LogP contribution in [0.2, 0.25) is 0 Å². The number of benzene rings is 1. The summed E-state index contributed by atoms with van der Waals surface area (Å²) >= 11 is 0. The molecular weight excluding hydrogens is 520 g/mol. The topological polar surface area (TPSA) is 62.5 Å². The maximum Gasteiger partial charge on any atom is 0.0998 e. The molecule has 0 aromatic heterocycles. The zero-order valence-electron chi connectivity index (χ0n) is 24.9. The van der Waals surface area contributed by atoms with Crippen LogP contribution in [-0.4, -0.2) is 75.6 Å². The van der Waals surface area contributed by atoms with Crippen LogP contribution in [0.4, 0.5) is 0 Å². The highest BCUT2D eigenvalue weighted by Gasteiger charge is 2.66. The van der Waals surface area contributed by atoms with Gasteiger partial charge in [0.15, 0.2) is 0 Å². The largest absolute Gasteiger partial charge is 0.384 e. The Balaban J connectivity index is 1.34. The molecule has 1 aromatic carbocycles. The molecule has 1 aromatic rings. The van der Waals surface area contributed by atoms with Crippen LogP contribution in [0.25, 0.3) is 5.57 Å². The summed E-state index contributed by atoms with van der Waals surface area (Å²) in [7, 11) is 0. The average Bonchev–Trinajstić information content (AvgIpc) is 3.49. The van der Waals surface area contributed by atoms with Crippen molar-refractivity contribution in [3.05, 3.63) is 82.2 Å². The van der Waals surface area contributed by atoms with E-state index in [1.54, 1.807) is 0 Å². The monoisotopic (exact) mass is 566 g/mol. The Hall–Kier alpha value is -2.51. The maximum absolute atomic E-state index is 13.1. The van der Waals surface area contributed by atoms with Crippen LogP contribution in [-0.2, 0) is 0 Å². The highest BCUT2D eigenvalue weighted by atomic mass is 16.5. The lowest BCUT2D eigenvalue weighted by molar-refractivity contribution is -0.102. The number of allylic oxidation sites excluding steroid dienone is 5. The third-order valence-electron chi connectivity index (χ3n) is 11.5. The van der Waals surface area contributed by atoms with Crippen LogP contribution in [0, 0.1) is 11.3 Å². The van der Waals surface area contributed by atoms with Gasteiger partial charge in [0, 0.05) is 29.8 Å². The Bertz CT molecular complexity index is 1490. The van der Waals surface area contributed by atoms with Crippen LogP contribution in [0.5, 0.6) is 0 Å². The molecule has 0 amide bonds. The number of hydrogen-bond donors (Lipinski definition) is 2. The van der Waals surface area contributed by atoms with Crippen molar-refractivity contribution in [1.29, 1.82) is 0 Å². The fraction of sp³-hybridized carbons (Fsp3) is 0.583. The van der Waals surface area contributed by atoms with E-state index in [4.69, 9.17) is 4.99 Å². The first-order valence-corrected chi connectivity index (χ1v) is 16.7. The summed E-state index contributed by atoms with van der Waals surface area (Å²) in [5, 5.41) is 28.4. The van der Waals surface area contributed by atoms with Crippen molar-refractivity contribution >= 4 is 5.57 Å². The number of fused-ring (bicyclic) bond motifs is 4. The third kappa shape index (κ3) is 4.24. The van der Waals surface area contributed by atoms with Crippen LogP contribution in [0.1, 0.15) is 70.6 Å². The predicted molar refractivity (Wildman–Crippen MR) is 165 cm³/mol. The maximum atomic E-state index is 13.1. The van der Waals surface area contributed by atoms with Crippen molar-refractivity contribution in [2.45, 2.75) is 88.3 Å². The lowest BCUT2D eigenvalue weighted by atomic mass is 9.54. The van der Waals surface area contributed by atoms with Crippen LogP contribution in [0.15, 0.2) is 76.6 Å². The van der Waals surface area contributed by atoms with E-state index in [1.165, 1.54) is 41.5 Å². The van der Waals surface area contributed by atoms with Crippen LogP contribution in [0.3, 0.4) is 0 Å². The summed E-state index contributed by atoms with van der Waals surface area (Å²) in [6.45, 7) is 4.85. The van der Waals surface area contributed by atoms with Gasteiger partial charge in [-0.25, -0.2) is 4.99 Å². The minimum Gasteiger partial charge on any atom is -0.384 e. The van der Waals surface area contributed by atoms with Gasteiger partial charge in [-0.15, -0.1) is 0 Å². The molecule has 0 radical (unpaired) electrons. The van der Waals surface area contributed by atoms with E-state index in [2.05, 4.69) is 64.4 Å². The molecule has 42 heavy (non-hydrogen) atoms. The van der Waals surface area contributed by atoms with Gasteiger partial charge in [-0.3, -0.25) is 15.2 Å². The smallest absolute Gasteiger partial charge is 0.0998 e. The minimum absolute atomic E-state index is 0.0750. The second kappa shape index (κ2) is 10.6. The average molecular weight is 567 g/mol. The Morgan fingerprint density at radius 2 is 1.74 bits per heavy atom. The lowest BCUT2D eigenvalue weighted by Crippen LogP contribution is -2.66. The summed E-state index contributed by atoms with van der Waals surface area (Å²) in [5.74, 6) is 0.275. The second-order valence-electron chi connectivity index (χ2n) is 14.0. The molecule has 2 saturated heterocycles. The molecule has 7 aliphatic rings. The van der Waals surface area contributed by atoms with Gasteiger partial charge in [0.2, 0.25) is 0 Å². The van der Waals surface area contributed by atoms with Crippen molar-refractivity contribution in [3.63, 3.8) is 0 Å². The SMILES string of the molecule is ON1CCC2=c3ccccc3=NC2=C1C1=C[C@@]2(O)CC/C=C\CCCCN3CCC1[C@]1(CC4/C=C\CCCCN4C12)C3. The van der Waals surface area contributed by atoms with Gasteiger partial charge in [-0.05, 0) is 119 Å². The molecule has 6 heterocycles. The number of para-hydroxylation sites is 1. The zero-order chi connectivity index (χ0) is 28.3. The highest BCUT2D eigenvalue weighted by Crippen LogP contribution is 2.61. The molecule has 6 atom stereocenters. The van der Waals surface area contributed by atoms with E-state index in [0.717, 1.165) is 87.0 Å². The minimum atomic E-state index is -0.980. The predicted octanol–water partition coefficient (Wildman–Crippen LogP) is 4.46. The molecule has 8 rings (SSSR count). The number of aliphatic hydroxyl groups is 1. The molecule has 2 N–H and O–H groups in total. The highest BCUT2D eigenvalue weighted by molar-refractivity contribution is 5.71. The molecule has 222 valence electrons. The normalized spacial score (nSPS) is 39.7. The first-order chi connectivity index (χ1) is 20.6. The number of rotatable bonds is 1.